The van der Waals surface area contributed by atoms with E-state index in [4.69, 9.17) is 17.0 Å². The molecule has 0 radical (unpaired) electrons. The zero-order valence-electron chi connectivity index (χ0n) is 16.3. The minimum absolute atomic E-state index is 0.243. The van der Waals surface area contributed by atoms with E-state index in [2.05, 4.69) is 17.6 Å². The SMILES string of the molecule is CCCCCCOc1ccc(C(=O)NC(=S)Nc2cc(C)ccc2C)cc1. The van der Waals surface area contributed by atoms with E-state index in [1.165, 1.54) is 19.3 Å². The van der Waals surface area contributed by atoms with Gasteiger partial charge in [-0.2, -0.15) is 0 Å². The number of carbonyl (C=O) groups excluding carboxylic acids is 1. The van der Waals surface area contributed by atoms with Gasteiger partial charge in [0.25, 0.3) is 5.91 Å². The van der Waals surface area contributed by atoms with E-state index in [-0.39, 0.29) is 11.0 Å². The third-order valence-electron chi connectivity index (χ3n) is 4.25. The Morgan fingerprint density at radius 1 is 1.04 bits per heavy atom. The predicted octanol–water partition coefficient (Wildman–Crippen LogP) is 5.39. The summed E-state index contributed by atoms with van der Waals surface area (Å²) in [4.78, 5) is 12.4. The topological polar surface area (TPSA) is 50.4 Å². The Hall–Kier alpha value is -2.40. The fourth-order valence-corrected chi connectivity index (χ4v) is 2.82. The third kappa shape index (κ3) is 7.02. The van der Waals surface area contributed by atoms with Gasteiger partial charge in [-0.3, -0.25) is 10.1 Å². The molecule has 2 aromatic rings. The quantitative estimate of drug-likeness (QED) is 0.473. The number of amides is 1. The van der Waals surface area contributed by atoms with Crippen LogP contribution < -0.4 is 15.4 Å². The summed E-state index contributed by atoms with van der Waals surface area (Å²) in [6.07, 6.45) is 4.68. The second-order valence-electron chi connectivity index (χ2n) is 6.66. The minimum Gasteiger partial charge on any atom is -0.494 e. The molecule has 0 unspecified atom stereocenters. The highest BCUT2D eigenvalue weighted by molar-refractivity contribution is 7.80. The molecule has 27 heavy (non-hydrogen) atoms. The number of unbranched alkanes of at least 4 members (excludes halogenated alkanes) is 3. The molecule has 2 rings (SSSR count). The van der Waals surface area contributed by atoms with Gasteiger partial charge in [0, 0.05) is 11.3 Å². The number of nitrogens with one attached hydrogen (secondary N) is 2. The molecule has 0 aliphatic carbocycles. The minimum atomic E-state index is -0.243. The van der Waals surface area contributed by atoms with E-state index in [0.29, 0.717) is 12.2 Å². The van der Waals surface area contributed by atoms with Crippen LogP contribution in [0.15, 0.2) is 42.5 Å². The van der Waals surface area contributed by atoms with Crippen LogP contribution >= 0.6 is 12.2 Å². The lowest BCUT2D eigenvalue weighted by Crippen LogP contribution is -2.34. The van der Waals surface area contributed by atoms with Crippen molar-refractivity contribution in [1.82, 2.24) is 5.32 Å². The highest BCUT2D eigenvalue weighted by atomic mass is 32.1. The van der Waals surface area contributed by atoms with E-state index in [0.717, 1.165) is 29.0 Å². The average molecular weight is 385 g/mol. The van der Waals surface area contributed by atoms with E-state index in [1.54, 1.807) is 12.1 Å². The summed E-state index contributed by atoms with van der Waals surface area (Å²) in [5.74, 6) is 0.534. The first-order valence-corrected chi connectivity index (χ1v) is 9.83. The summed E-state index contributed by atoms with van der Waals surface area (Å²) in [7, 11) is 0. The second kappa shape index (κ2) is 10.7. The Morgan fingerprint density at radius 2 is 1.78 bits per heavy atom. The Labute approximate surface area is 167 Å². The largest absolute Gasteiger partial charge is 0.494 e. The van der Waals surface area contributed by atoms with E-state index < -0.39 is 0 Å². The average Bonchev–Trinajstić information content (AvgIpc) is 2.65. The Bertz CT molecular complexity index is 772. The molecule has 0 atom stereocenters. The van der Waals surface area contributed by atoms with Gasteiger partial charge < -0.3 is 10.1 Å². The zero-order chi connectivity index (χ0) is 19.6. The van der Waals surface area contributed by atoms with E-state index in [9.17, 15) is 4.79 Å². The van der Waals surface area contributed by atoms with Gasteiger partial charge in [-0.1, -0.05) is 38.3 Å². The molecule has 0 saturated carbocycles. The van der Waals surface area contributed by atoms with Gasteiger partial charge in [-0.05, 0) is 73.9 Å². The number of carbonyl (C=O) groups is 1. The van der Waals surface area contributed by atoms with E-state index in [1.807, 2.05) is 44.2 Å². The van der Waals surface area contributed by atoms with Gasteiger partial charge in [-0.15, -0.1) is 0 Å². The highest BCUT2D eigenvalue weighted by Crippen LogP contribution is 2.16. The van der Waals surface area contributed by atoms with Crippen molar-refractivity contribution in [2.24, 2.45) is 0 Å². The number of aryl methyl sites for hydroxylation is 2. The predicted molar refractivity (Wildman–Crippen MR) is 116 cm³/mol. The van der Waals surface area contributed by atoms with Gasteiger partial charge in [0.1, 0.15) is 5.75 Å². The fraction of sp³-hybridized carbons (Fsp3) is 0.364. The van der Waals surface area contributed by atoms with Crippen molar-refractivity contribution < 1.29 is 9.53 Å². The normalized spacial score (nSPS) is 10.3. The lowest BCUT2D eigenvalue weighted by atomic mass is 10.1. The summed E-state index contributed by atoms with van der Waals surface area (Å²) in [6.45, 7) is 6.90. The Morgan fingerprint density at radius 3 is 2.48 bits per heavy atom. The van der Waals surface area contributed by atoms with Crippen molar-refractivity contribution in [2.45, 2.75) is 46.5 Å². The molecule has 0 spiro atoms. The molecule has 1 amide bonds. The van der Waals surface area contributed by atoms with Crippen LogP contribution in [0.2, 0.25) is 0 Å². The molecule has 144 valence electrons. The number of hydrogen-bond acceptors (Lipinski definition) is 3. The maximum absolute atomic E-state index is 12.4. The van der Waals surface area contributed by atoms with Gasteiger partial charge in [-0.25, -0.2) is 0 Å². The molecule has 0 bridgehead atoms. The van der Waals surface area contributed by atoms with Gasteiger partial charge in [0.05, 0.1) is 6.61 Å². The lowest BCUT2D eigenvalue weighted by Gasteiger charge is -2.12. The molecule has 0 aliphatic heterocycles. The maximum atomic E-state index is 12.4. The van der Waals surface area contributed by atoms with Gasteiger partial charge >= 0.3 is 0 Å². The summed E-state index contributed by atoms with van der Waals surface area (Å²) in [6, 6.07) is 13.2. The number of benzene rings is 2. The zero-order valence-corrected chi connectivity index (χ0v) is 17.1. The van der Waals surface area contributed by atoms with Gasteiger partial charge in [0.2, 0.25) is 0 Å². The molecule has 0 aromatic heterocycles. The van der Waals surface area contributed by atoms with Crippen LogP contribution in [0.1, 0.15) is 54.1 Å². The van der Waals surface area contributed by atoms with Gasteiger partial charge in [0.15, 0.2) is 5.11 Å². The molecule has 0 saturated heterocycles. The van der Waals surface area contributed by atoms with Crippen molar-refractivity contribution in [3.8, 4) is 5.75 Å². The monoisotopic (exact) mass is 384 g/mol. The summed E-state index contributed by atoms with van der Waals surface area (Å²) in [5.41, 5.74) is 3.63. The second-order valence-corrected chi connectivity index (χ2v) is 7.07. The first-order chi connectivity index (χ1) is 13.0. The highest BCUT2D eigenvalue weighted by Gasteiger charge is 2.09. The Kier molecular flexibility index (Phi) is 8.27. The smallest absolute Gasteiger partial charge is 0.257 e. The number of ether oxygens (including phenoxy) is 1. The van der Waals surface area contributed by atoms with Crippen molar-refractivity contribution in [3.05, 3.63) is 59.2 Å². The number of rotatable bonds is 8. The molecule has 5 heteroatoms. The van der Waals surface area contributed by atoms with Crippen LogP contribution in [0.4, 0.5) is 5.69 Å². The molecule has 0 fully saturated rings. The molecule has 4 nitrogen and oxygen atoms in total. The van der Waals surface area contributed by atoms with Crippen LogP contribution in [-0.2, 0) is 0 Å². The summed E-state index contributed by atoms with van der Waals surface area (Å²) >= 11 is 5.27. The molecule has 0 aliphatic rings. The van der Waals surface area contributed by atoms with Crippen LogP contribution in [0.25, 0.3) is 0 Å². The third-order valence-corrected chi connectivity index (χ3v) is 4.46. The van der Waals surface area contributed by atoms with Crippen molar-refractivity contribution in [2.75, 3.05) is 11.9 Å². The molecular formula is C22H28N2O2S. The van der Waals surface area contributed by atoms with Crippen LogP contribution in [-0.4, -0.2) is 17.6 Å². The molecule has 2 aromatic carbocycles. The Balaban J connectivity index is 1.84. The first kappa shape index (κ1) is 20.9. The summed E-state index contributed by atoms with van der Waals surface area (Å²) < 4.78 is 5.70. The van der Waals surface area contributed by atoms with Crippen molar-refractivity contribution in [3.63, 3.8) is 0 Å². The van der Waals surface area contributed by atoms with Crippen molar-refractivity contribution >= 4 is 28.9 Å². The van der Waals surface area contributed by atoms with Crippen LogP contribution in [0.3, 0.4) is 0 Å². The maximum Gasteiger partial charge on any atom is 0.257 e. The standard InChI is InChI=1S/C22H28N2O2S/c1-4-5-6-7-14-26-19-12-10-18(11-13-19)21(25)24-22(27)23-20-15-16(2)8-9-17(20)3/h8-13,15H,4-7,14H2,1-3H3,(H2,23,24,25,27). The molecule has 0 heterocycles. The lowest BCUT2D eigenvalue weighted by molar-refractivity contribution is 0.0977. The number of anilines is 1. The van der Waals surface area contributed by atoms with Crippen molar-refractivity contribution in [1.29, 1.82) is 0 Å². The molecular weight excluding hydrogens is 356 g/mol. The van der Waals surface area contributed by atoms with Crippen LogP contribution in [0.5, 0.6) is 5.75 Å². The number of hydrogen-bond donors (Lipinski definition) is 2. The number of thiocarbonyl (C=S) groups is 1. The van der Waals surface area contributed by atoms with Crippen LogP contribution in [0, 0.1) is 13.8 Å². The summed E-state index contributed by atoms with van der Waals surface area (Å²) in [5, 5.41) is 6.08. The first-order valence-electron chi connectivity index (χ1n) is 9.42. The molecule has 2 N–H and O–H groups in total. The fourth-order valence-electron chi connectivity index (χ4n) is 2.62. The van der Waals surface area contributed by atoms with E-state index >= 15 is 0 Å².